The monoisotopic (exact) mass is 223 g/mol. The third kappa shape index (κ3) is 3.37. The lowest BCUT2D eigenvalue weighted by Crippen LogP contribution is -2.17. The summed E-state index contributed by atoms with van der Waals surface area (Å²) in [5.74, 6) is 0. The molecular weight excluding hydrogens is 206 g/mol. The van der Waals surface area contributed by atoms with Gasteiger partial charge in [-0.3, -0.25) is 0 Å². The zero-order valence-electron chi connectivity index (χ0n) is 9.60. The van der Waals surface area contributed by atoms with Crippen molar-refractivity contribution in [1.29, 1.82) is 0 Å². The van der Waals surface area contributed by atoms with E-state index in [1.165, 1.54) is 16.7 Å². The van der Waals surface area contributed by atoms with Gasteiger partial charge in [0.15, 0.2) is 0 Å². The van der Waals surface area contributed by atoms with E-state index in [1.807, 2.05) is 19.2 Å². The number of hydrogen-bond donors (Lipinski definition) is 1. The molecule has 0 aliphatic rings. The first-order valence-corrected chi connectivity index (χ1v) is 5.50. The van der Waals surface area contributed by atoms with Gasteiger partial charge in [0.1, 0.15) is 0 Å². The van der Waals surface area contributed by atoms with Crippen LogP contribution in [0.3, 0.4) is 0 Å². The topological polar surface area (TPSA) is 12.0 Å². The van der Waals surface area contributed by atoms with Gasteiger partial charge in [0, 0.05) is 11.1 Å². The molecule has 0 aliphatic heterocycles. The molecule has 82 valence electrons. The van der Waals surface area contributed by atoms with Crippen molar-refractivity contribution in [3.63, 3.8) is 0 Å². The van der Waals surface area contributed by atoms with Crippen LogP contribution < -0.4 is 5.32 Å². The number of rotatable bonds is 4. The second kappa shape index (κ2) is 5.34. The van der Waals surface area contributed by atoms with Crippen LogP contribution in [-0.4, -0.2) is 7.05 Å². The van der Waals surface area contributed by atoms with E-state index in [9.17, 15) is 0 Å². The van der Waals surface area contributed by atoms with Crippen LogP contribution in [0.25, 0.3) is 0 Å². The smallest absolute Gasteiger partial charge is 0.0408 e. The molecule has 1 aromatic rings. The van der Waals surface area contributed by atoms with Gasteiger partial charge in [-0.15, -0.1) is 6.58 Å². The normalized spacial score (nSPS) is 12.5. The van der Waals surface area contributed by atoms with E-state index in [0.29, 0.717) is 6.04 Å². The highest BCUT2D eigenvalue weighted by Crippen LogP contribution is 2.25. The standard InChI is InChI=1S/C13H18ClN/c1-9(2)7-13(15-4)12-6-5-11(14)8-10(12)3/h5-6,8,13,15H,1,7H2,2-4H3. The molecule has 0 fully saturated rings. The van der Waals surface area contributed by atoms with Crippen LogP contribution in [0.5, 0.6) is 0 Å². The fraction of sp³-hybridized carbons (Fsp3) is 0.385. The summed E-state index contributed by atoms with van der Waals surface area (Å²) in [6.07, 6.45) is 0.957. The van der Waals surface area contributed by atoms with E-state index < -0.39 is 0 Å². The summed E-state index contributed by atoms with van der Waals surface area (Å²) in [5.41, 5.74) is 3.71. The average molecular weight is 224 g/mol. The predicted molar refractivity (Wildman–Crippen MR) is 67.4 cm³/mol. The number of halogens is 1. The van der Waals surface area contributed by atoms with Crippen molar-refractivity contribution in [3.8, 4) is 0 Å². The predicted octanol–water partition coefficient (Wildman–Crippen LogP) is 3.88. The Hall–Kier alpha value is -0.790. The molecule has 0 aliphatic carbocycles. The van der Waals surface area contributed by atoms with E-state index in [0.717, 1.165) is 11.4 Å². The quantitative estimate of drug-likeness (QED) is 0.764. The number of benzene rings is 1. The fourth-order valence-electron chi connectivity index (χ4n) is 1.75. The largest absolute Gasteiger partial charge is 0.313 e. The Bertz CT molecular complexity index is 358. The lowest BCUT2D eigenvalue weighted by atomic mass is 9.96. The maximum atomic E-state index is 5.93. The zero-order chi connectivity index (χ0) is 11.4. The molecule has 0 radical (unpaired) electrons. The van der Waals surface area contributed by atoms with Gasteiger partial charge < -0.3 is 5.32 Å². The van der Waals surface area contributed by atoms with Gasteiger partial charge in [-0.25, -0.2) is 0 Å². The first-order chi connectivity index (χ1) is 7.04. The van der Waals surface area contributed by atoms with Crippen molar-refractivity contribution in [1.82, 2.24) is 5.32 Å². The highest BCUT2D eigenvalue weighted by Gasteiger charge is 2.11. The first-order valence-electron chi connectivity index (χ1n) is 5.12. The summed E-state index contributed by atoms with van der Waals surface area (Å²) in [4.78, 5) is 0. The van der Waals surface area contributed by atoms with Gasteiger partial charge in [0.2, 0.25) is 0 Å². The van der Waals surface area contributed by atoms with Gasteiger partial charge in [0.25, 0.3) is 0 Å². The summed E-state index contributed by atoms with van der Waals surface area (Å²) >= 11 is 5.93. The molecule has 15 heavy (non-hydrogen) atoms. The first kappa shape index (κ1) is 12.3. The molecule has 0 aromatic heterocycles. The minimum absolute atomic E-state index is 0.333. The molecule has 1 unspecified atom stereocenters. The highest BCUT2D eigenvalue weighted by atomic mass is 35.5. The van der Waals surface area contributed by atoms with Crippen LogP contribution >= 0.6 is 11.6 Å². The maximum absolute atomic E-state index is 5.93. The average Bonchev–Trinajstić information content (AvgIpc) is 2.14. The lowest BCUT2D eigenvalue weighted by molar-refractivity contribution is 0.587. The van der Waals surface area contributed by atoms with E-state index >= 15 is 0 Å². The third-order valence-electron chi connectivity index (χ3n) is 2.51. The van der Waals surface area contributed by atoms with Crippen molar-refractivity contribution in [2.45, 2.75) is 26.3 Å². The Kier molecular flexibility index (Phi) is 4.37. The molecule has 0 bridgehead atoms. The lowest BCUT2D eigenvalue weighted by Gasteiger charge is -2.19. The number of aryl methyl sites for hydroxylation is 1. The van der Waals surface area contributed by atoms with Gasteiger partial charge in [0.05, 0.1) is 0 Å². The Morgan fingerprint density at radius 3 is 2.67 bits per heavy atom. The summed E-state index contributed by atoms with van der Waals surface area (Å²) < 4.78 is 0. The van der Waals surface area contributed by atoms with Gasteiger partial charge in [-0.2, -0.15) is 0 Å². The van der Waals surface area contributed by atoms with Crippen LogP contribution in [0, 0.1) is 6.92 Å². The number of nitrogens with one attached hydrogen (secondary N) is 1. The Morgan fingerprint density at radius 1 is 1.53 bits per heavy atom. The molecule has 1 aromatic carbocycles. The van der Waals surface area contributed by atoms with Gasteiger partial charge in [-0.1, -0.05) is 23.2 Å². The second-order valence-corrected chi connectivity index (χ2v) is 4.44. The molecule has 0 heterocycles. The molecule has 1 rings (SSSR count). The molecule has 0 amide bonds. The van der Waals surface area contributed by atoms with Crippen molar-refractivity contribution in [2.75, 3.05) is 7.05 Å². The Balaban J connectivity index is 2.96. The van der Waals surface area contributed by atoms with Gasteiger partial charge >= 0.3 is 0 Å². The van der Waals surface area contributed by atoms with E-state index in [2.05, 4.69) is 31.8 Å². The summed E-state index contributed by atoms with van der Waals surface area (Å²) in [7, 11) is 1.97. The Morgan fingerprint density at radius 2 is 2.20 bits per heavy atom. The summed E-state index contributed by atoms with van der Waals surface area (Å²) in [6.45, 7) is 8.09. The third-order valence-corrected chi connectivity index (χ3v) is 2.74. The highest BCUT2D eigenvalue weighted by molar-refractivity contribution is 6.30. The molecule has 1 nitrogen and oxygen atoms in total. The fourth-order valence-corrected chi connectivity index (χ4v) is 1.97. The molecule has 1 N–H and O–H groups in total. The molecule has 0 saturated heterocycles. The van der Waals surface area contributed by atoms with Crippen LogP contribution in [0.2, 0.25) is 5.02 Å². The summed E-state index contributed by atoms with van der Waals surface area (Å²) in [6, 6.07) is 6.36. The van der Waals surface area contributed by atoms with Crippen LogP contribution in [0.1, 0.15) is 30.5 Å². The van der Waals surface area contributed by atoms with Crippen LogP contribution in [0.15, 0.2) is 30.4 Å². The van der Waals surface area contributed by atoms with Crippen molar-refractivity contribution >= 4 is 11.6 Å². The molecule has 1 atom stereocenters. The maximum Gasteiger partial charge on any atom is 0.0408 e. The minimum Gasteiger partial charge on any atom is -0.313 e. The van der Waals surface area contributed by atoms with Crippen molar-refractivity contribution in [3.05, 3.63) is 46.5 Å². The van der Waals surface area contributed by atoms with E-state index in [4.69, 9.17) is 11.6 Å². The number of hydrogen-bond acceptors (Lipinski definition) is 1. The zero-order valence-corrected chi connectivity index (χ0v) is 10.4. The van der Waals surface area contributed by atoms with Crippen molar-refractivity contribution < 1.29 is 0 Å². The SMILES string of the molecule is C=C(C)CC(NC)c1ccc(Cl)cc1C. The van der Waals surface area contributed by atoms with E-state index in [1.54, 1.807) is 0 Å². The van der Waals surface area contributed by atoms with E-state index in [-0.39, 0.29) is 0 Å². The second-order valence-electron chi connectivity index (χ2n) is 4.00. The molecular formula is C13H18ClN. The molecule has 2 heteroatoms. The van der Waals surface area contributed by atoms with Gasteiger partial charge in [-0.05, 0) is 50.6 Å². The summed E-state index contributed by atoms with van der Waals surface area (Å²) in [5, 5.41) is 4.10. The van der Waals surface area contributed by atoms with Crippen LogP contribution in [-0.2, 0) is 0 Å². The molecule has 0 spiro atoms. The molecule has 0 saturated carbocycles. The van der Waals surface area contributed by atoms with Crippen molar-refractivity contribution in [2.24, 2.45) is 0 Å². The Labute approximate surface area is 97.1 Å². The van der Waals surface area contributed by atoms with Crippen LogP contribution in [0.4, 0.5) is 0 Å². The minimum atomic E-state index is 0.333.